The molecule has 0 aliphatic heterocycles. The fourth-order valence-corrected chi connectivity index (χ4v) is 1.98. The van der Waals surface area contributed by atoms with Gasteiger partial charge in [-0.05, 0) is 32.4 Å². The number of ether oxygens (including phenoxy) is 2. The molecule has 6 heteroatoms. The lowest BCUT2D eigenvalue weighted by molar-refractivity contribution is -0.161. The normalized spacial score (nSPS) is 10.3. The second-order valence-electron chi connectivity index (χ2n) is 4.25. The summed E-state index contributed by atoms with van der Waals surface area (Å²) in [5, 5.41) is 3.67. The molecule has 1 rings (SSSR count). The van der Waals surface area contributed by atoms with Crippen molar-refractivity contribution in [2.45, 2.75) is 20.3 Å². The summed E-state index contributed by atoms with van der Waals surface area (Å²) in [6, 6.07) is 7.26. The topological polar surface area (TPSA) is 64.6 Å². The zero-order valence-corrected chi connectivity index (χ0v) is 13.0. The minimum Gasteiger partial charge on any atom is -0.465 e. The van der Waals surface area contributed by atoms with Crippen molar-refractivity contribution in [1.29, 1.82) is 0 Å². The minimum atomic E-state index is -0.917. The Balaban J connectivity index is 2.58. The van der Waals surface area contributed by atoms with Crippen molar-refractivity contribution >= 4 is 29.2 Å². The van der Waals surface area contributed by atoms with Gasteiger partial charge in [-0.1, -0.05) is 23.7 Å². The molecule has 0 fully saturated rings. The van der Waals surface area contributed by atoms with Crippen molar-refractivity contribution in [3.05, 3.63) is 29.3 Å². The third-order valence-electron chi connectivity index (χ3n) is 2.76. The summed E-state index contributed by atoms with van der Waals surface area (Å²) in [5.74, 6) is -2.03. The number of hydrogen-bond acceptors (Lipinski definition) is 5. The Kier molecular flexibility index (Phi) is 7.61. The molecule has 0 unspecified atom stereocenters. The molecule has 1 N–H and O–H groups in total. The van der Waals surface area contributed by atoms with Gasteiger partial charge in [-0.15, -0.1) is 0 Å². The predicted octanol–water partition coefficient (Wildman–Crippen LogP) is 2.88. The van der Waals surface area contributed by atoms with Gasteiger partial charge < -0.3 is 14.8 Å². The number of carbonyl (C=O) groups is 2. The Morgan fingerprint density at radius 1 is 1.14 bits per heavy atom. The molecule has 5 nitrogen and oxygen atoms in total. The molecule has 0 aromatic heterocycles. The van der Waals surface area contributed by atoms with Crippen molar-refractivity contribution in [2.75, 3.05) is 25.1 Å². The van der Waals surface area contributed by atoms with Crippen LogP contribution in [0.2, 0.25) is 5.02 Å². The van der Waals surface area contributed by atoms with Crippen molar-refractivity contribution in [3.63, 3.8) is 0 Å². The van der Waals surface area contributed by atoms with Gasteiger partial charge in [0.05, 0.1) is 23.9 Å². The monoisotopic (exact) mass is 313 g/mol. The lowest BCUT2D eigenvalue weighted by Crippen LogP contribution is -2.30. The Bertz CT molecular complexity index is 460. The first-order chi connectivity index (χ1) is 10.1. The van der Waals surface area contributed by atoms with Gasteiger partial charge in [0.15, 0.2) is 5.92 Å². The van der Waals surface area contributed by atoms with Crippen molar-refractivity contribution in [3.8, 4) is 0 Å². The highest BCUT2D eigenvalue weighted by atomic mass is 35.5. The predicted molar refractivity (Wildman–Crippen MR) is 81.3 cm³/mol. The molecule has 0 heterocycles. The maximum absolute atomic E-state index is 11.8. The Hall–Kier alpha value is -1.75. The fraction of sp³-hybridized carbons (Fsp3) is 0.467. The second-order valence-corrected chi connectivity index (χ2v) is 4.66. The van der Waals surface area contributed by atoms with Gasteiger partial charge in [-0.3, -0.25) is 9.59 Å². The first-order valence-electron chi connectivity index (χ1n) is 6.91. The molecule has 0 bridgehead atoms. The van der Waals surface area contributed by atoms with Crippen LogP contribution in [0.15, 0.2) is 24.3 Å². The van der Waals surface area contributed by atoms with Crippen molar-refractivity contribution in [1.82, 2.24) is 0 Å². The molecule has 1 aromatic rings. The van der Waals surface area contributed by atoms with E-state index in [2.05, 4.69) is 5.32 Å². The van der Waals surface area contributed by atoms with Crippen LogP contribution >= 0.6 is 11.6 Å². The van der Waals surface area contributed by atoms with E-state index in [0.29, 0.717) is 11.6 Å². The molecule has 21 heavy (non-hydrogen) atoms. The minimum absolute atomic E-state index is 0.229. The maximum Gasteiger partial charge on any atom is 0.320 e. The Morgan fingerprint density at radius 3 is 2.24 bits per heavy atom. The molecule has 0 atom stereocenters. The van der Waals surface area contributed by atoms with E-state index >= 15 is 0 Å². The molecule has 0 aliphatic carbocycles. The van der Waals surface area contributed by atoms with E-state index in [-0.39, 0.29) is 19.6 Å². The quantitative estimate of drug-likeness (QED) is 0.590. The first kappa shape index (κ1) is 17.3. The molecule has 0 radical (unpaired) electrons. The van der Waals surface area contributed by atoms with E-state index in [1.54, 1.807) is 19.9 Å². The summed E-state index contributed by atoms with van der Waals surface area (Å²) in [5.41, 5.74) is 0.755. The number of hydrogen-bond donors (Lipinski definition) is 1. The standard InChI is InChI=1S/C15H20ClNO4/c1-3-20-14(18)11(15(19)21-4-2)9-10-17-13-8-6-5-7-12(13)16/h5-8,11,17H,3-4,9-10H2,1-2H3. The van der Waals surface area contributed by atoms with E-state index in [0.717, 1.165) is 5.69 Å². The zero-order chi connectivity index (χ0) is 15.7. The molecule has 0 saturated carbocycles. The van der Waals surface area contributed by atoms with Crippen LogP contribution in [0.4, 0.5) is 5.69 Å². The molecule has 0 aliphatic rings. The van der Waals surface area contributed by atoms with Crippen LogP contribution in [0.25, 0.3) is 0 Å². The number of halogens is 1. The Morgan fingerprint density at radius 2 is 1.71 bits per heavy atom. The smallest absolute Gasteiger partial charge is 0.320 e. The van der Waals surface area contributed by atoms with Gasteiger partial charge in [0.2, 0.25) is 0 Å². The summed E-state index contributed by atoms with van der Waals surface area (Å²) in [6.07, 6.45) is 0.281. The molecule has 0 saturated heterocycles. The van der Waals surface area contributed by atoms with Gasteiger partial charge >= 0.3 is 11.9 Å². The van der Waals surface area contributed by atoms with Crippen LogP contribution in [0.3, 0.4) is 0 Å². The Labute approximate surface area is 129 Å². The first-order valence-corrected chi connectivity index (χ1v) is 7.29. The van der Waals surface area contributed by atoms with Crippen molar-refractivity contribution < 1.29 is 19.1 Å². The molecule has 1 aromatic carbocycles. The van der Waals surface area contributed by atoms with Gasteiger partial charge in [0, 0.05) is 6.54 Å². The lowest BCUT2D eigenvalue weighted by atomic mass is 10.1. The van der Waals surface area contributed by atoms with E-state index in [4.69, 9.17) is 21.1 Å². The van der Waals surface area contributed by atoms with Crippen LogP contribution in [-0.4, -0.2) is 31.7 Å². The van der Waals surface area contributed by atoms with Gasteiger partial charge in [0.1, 0.15) is 0 Å². The number of carbonyl (C=O) groups excluding carboxylic acids is 2. The summed E-state index contributed by atoms with van der Waals surface area (Å²) in [4.78, 5) is 23.6. The van der Waals surface area contributed by atoms with Crippen LogP contribution in [-0.2, 0) is 19.1 Å². The zero-order valence-electron chi connectivity index (χ0n) is 12.2. The highest BCUT2D eigenvalue weighted by Crippen LogP contribution is 2.20. The van der Waals surface area contributed by atoms with Gasteiger partial charge in [-0.2, -0.15) is 0 Å². The number of anilines is 1. The molecule has 116 valence electrons. The summed E-state index contributed by atoms with van der Waals surface area (Å²) in [7, 11) is 0. The van der Waals surface area contributed by atoms with Gasteiger partial charge in [0.25, 0.3) is 0 Å². The van der Waals surface area contributed by atoms with Crippen LogP contribution in [0, 0.1) is 5.92 Å². The van der Waals surface area contributed by atoms with Crippen LogP contribution < -0.4 is 5.32 Å². The number of benzene rings is 1. The average Bonchev–Trinajstić information content (AvgIpc) is 2.45. The number of esters is 2. The molecule has 0 amide bonds. The summed E-state index contributed by atoms with van der Waals surface area (Å²) >= 11 is 6.02. The highest BCUT2D eigenvalue weighted by molar-refractivity contribution is 6.33. The average molecular weight is 314 g/mol. The van der Waals surface area contributed by atoms with Gasteiger partial charge in [-0.25, -0.2) is 0 Å². The van der Waals surface area contributed by atoms with Crippen LogP contribution in [0.5, 0.6) is 0 Å². The van der Waals surface area contributed by atoms with E-state index in [1.807, 2.05) is 18.2 Å². The number of rotatable bonds is 8. The molecule has 0 spiro atoms. The third-order valence-corrected chi connectivity index (χ3v) is 3.09. The number of nitrogens with one attached hydrogen (secondary N) is 1. The SMILES string of the molecule is CCOC(=O)C(CCNc1ccccc1Cl)C(=O)OCC. The summed E-state index contributed by atoms with van der Waals surface area (Å²) in [6.45, 7) is 4.26. The van der Waals surface area contributed by atoms with E-state index < -0.39 is 17.9 Å². The van der Waals surface area contributed by atoms with Crippen molar-refractivity contribution in [2.24, 2.45) is 5.92 Å². The molecular weight excluding hydrogens is 294 g/mol. The largest absolute Gasteiger partial charge is 0.465 e. The van der Waals surface area contributed by atoms with E-state index in [1.165, 1.54) is 0 Å². The number of para-hydroxylation sites is 1. The molecular formula is C15H20ClNO4. The fourth-order valence-electron chi connectivity index (χ4n) is 1.77. The maximum atomic E-state index is 11.8. The lowest BCUT2D eigenvalue weighted by Gasteiger charge is -2.15. The third kappa shape index (κ3) is 5.63. The van der Waals surface area contributed by atoms with E-state index in [9.17, 15) is 9.59 Å². The van der Waals surface area contributed by atoms with Crippen LogP contribution in [0.1, 0.15) is 20.3 Å². The highest BCUT2D eigenvalue weighted by Gasteiger charge is 2.28. The summed E-state index contributed by atoms with van der Waals surface area (Å²) < 4.78 is 9.81. The second kappa shape index (κ2) is 9.23.